The zero-order valence-electron chi connectivity index (χ0n) is 14.2. The quantitative estimate of drug-likeness (QED) is 0.704. The highest BCUT2D eigenvalue weighted by Gasteiger charge is 2.36. The molecule has 0 bridgehead atoms. The molecule has 1 aliphatic carbocycles. The van der Waals surface area contributed by atoms with Gasteiger partial charge in [0, 0.05) is 18.2 Å². The molecule has 5 heteroatoms. The highest BCUT2D eigenvalue weighted by Crippen LogP contribution is 2.39. The van der Waals surface area contributed by atoms with Crippen molar-refractivity contribution in [3.63, 3.8) is 0 Å². The average molecular weight is 335 g/mol. The molecule has 25 heavy (non-hydrogen) atoms. The summed E-state index contributed by atoms with van der Waals surface area (Å²) in [4.78, 5) is 17.2. The van der Waals surface area contributed by atoms with Crippen LogP contribution >= 0.6 is 0 Å². The van der Waals surface area contributed by atoms with Crippen molar-refractivity contribution in [2.45, 2.75) is 26.7 Å². The maximum atomic E-state index is 13.4. The Morgan fingerprint density at radius 2 is 1.84 bits per heavy atom. The Morgan fingerprint density at radius 3 is 2.52 bits per heavy atom. The third-order valence-electron chi connectivity index (χ3n) is 4.51. The van der Waals surface area contributed by atoms with Crippen LogP contribution in [0.3, 0.4) is 0 Å². The SMILES string of the molecule is CC1(C)CC(=O)c2c(nn(-c3ccccn3)c2-c2ccc(F)cc2)C1. The van der Waals surface area contributed by atoms with Crippen LogP contribution in [0.25, 0.3) is 17.1 Å². The molecule has 0 fully saturated rings. The molecule has 0 aliphatic heterocycles. The van der Waals surface area contributed by atoms with Crippen molar-refractivity contribution in [3.8, 4) is 17.1 Å². The number of fused-ring (bicyclic) bond motifs is 1. The first-order valence-electron chi connectivity index (χ1n) is 8.27. The molecule has 0 saturated carbocycles. The van der Waals surface area contributed by atoms with Crippen LogP contribution in [-0.2, 0) is 6.42 Å². The Labute approximate surface area is 145 Å². The van der Waals surface area contributed by atoms with Gasteiger partial charge < -0.3 is 0 Å². The fourth-order valence-electron chi connectivity index (χ4n) is 3.44. The van der Waals surface area contributed by atoms with E-state index in [1.807, 2.05) is 18.2 Å². The lowest BCUT2D eigenvalue weighted by Gasteiger charge is -2.27. The lowest BCUT2D eigenvalue weighted by Crippen LogP contribution is -2.26. The van der Waals surface area contributed by atoms with E-state index in [4.69, 9.17) is 5.10 Å². The molecule has 0 amide bonds. The first kappa shape index (κ1) is 15.7. The van der Waals surface area contributed by atoms with Gasteiger partial charge in [0.2, 0.25) is 0 Å². The van der Waals surface area contributed by atoms with Gasteiger partial charge in [0.15, 0.2) is 11.6 Å². The molecule has 0 saturated heterocycles. The topological polar surface area (TPSA) is 47.8 Å². The van der Waals surface area contributed by atoms with Gasteiger partial charge in [-0.15, -0.1) is 0 Å². The summed E-state index contributed by atoms with van der Waals surface area (Å²) in [5.74, 6) is 0.406. The summed E-state index contributed by atoms with van der Waals surface area (Å²) in [6.07, 6.45) is 2.89. The standard InChI is InChI=1S/C20H18FN3O/c1-20(2)11-15-18(16(25)12-20)19(13-6-8-14(21)9-7-13)24(23-15)17-5-3-4-10-22-17/h3-10H,11-12H2,1-2H3. The van der Waals surface area contributed by atoms with E-state index < -0.39 is 0 Å². The number of rotatable bonds is 2. The zero-order chi connectivity index (χ0) is 17.6. The van der Waals surface area contributed by atoms with Gasteiger partial charge in [0.1, 0.15) is 5.82 Å². The second kappa shape index (κ2) is 5.62. The van der Waals surface area contributed by atoms with Crippen LogP contribution < -0.4 is 0 Å². The van der Waals surface area contributed by atoms with Gasteiger partial charge in [0.25, 0.3) is 0 Å². The third-order valence-corrected chi connectivity index (χ3v) is 4.51. The van der Waals surface area contributed by atoms with Gasteiger partial charge >= 0.3 is 0 Å². The number of ketones is 1. The molecule has 0 spiro atoms. The number of benzene rings is 1. The molecule has 2 heterocycles. The minimum atomic E-state index is -0.311. The van der Waals surface area contributed by atoms with Crippen LogP contribution in [-0.4, -0.2) is 20.5 Å². The second-order valence-corrected chi connectivity index (χ2v) is 7.22. The molecule has 2 aromatic heterocycles. The largest absolute Gasteiger partial charge is 0.294 e. The summed E-state index contributed by atoms with van der Waals surface area (Å²) in [5.41, 5.74) is 2.75. The molecule has 1 aromatic carbocycles. The lowest BCUT2D eigenvalue weighted by molar-refractivity contribution is 0.0912. The maximum absolute atomic E-state index is 13.4. The van der Waals surface area contributed by atoms with Crippen LogP contribution in [0.4, 0.5) is 4.39 Å². The fraction of sp³-hybridized carbons (Fsp3) is 0.250. The summed E-state index contributed by atoms with van der Waals surface area (Å²) >= 11 is 0. The number of carbonyl (C=O) groups excluding carboxylic acids is 1. The predicted octanol–water partition coefficient (Wildman–Crippen LogP) is 4.23. The minimum Gasteiger partial charge on any atom is -0.294 e. The molecule has 126 valence electrons. The second-order valence-electron chi connectivity index (χ2n) is 7.22. The summed E-state index contributed by atoms with van der Waals surface area (Å²) in [6, 6.07) is 11.7. The third kappa shape index (κ3) is 2.76. The summed E-state index contributed by atoms with van der Waals surface area (Å²) in [6.45, 7) is 4.15. The Bertz CT molecular complexity index is 943. The molecule has 0 unspecified atom stereocenters. The van der Waals surface area contributed by atoms with Gasteiger partial charge in [-0.2, -0.15) is 5.10 Å². The summed E-state index contributed by atoms with van der Waals surface area (Å²) in [7, 11) is 0. The Balaban J connectivity index is 1.99. The minimum absolute atomic E-state index is 0.0766. The first-order valence-corrected chi connectivity index (χ1v) is 8.27. The van der Waals surface area contributed by atoms with E-state index in [0.29, 0.717) is 23.5 Å². The van der Waals surface area contributed by atoms with Crippen molar-refractivity contribution >= 4 is 5.78 Å². The molecular formula is C20H18FN3O. The molecule has 0 atom stereocenters. The van der Waals surface area contributed by atoms with Crippen molar-refractivity contribution < 1.29 is 9.18 Å². The number of pyridine rings is 1. The maximum Gasteiger partial charge on any atom is 0.167 e. The van der Waals surface area contributed by atoms with E-state index >= 15 is 0 Å². The van der Waals surface area contributed by atoms with Crippen molar-refractivity contribution in [1.82, 2.24) is 14.8 Å². The Morgan fingerprint density at radius 1 is 1.08 bits per heavy atom. The number of hydrogen-bond donors (Lipinski definition) is 0. The predicted molar refractivity (Wildman–Crippen MR) is 93.2 cm³/mol. The van der Waals surface area contributed by atoms with Crippen LogP contribution in [0.15, 0.2) is 48.7 Å². The number of nitrogens with zero attached hydrogens (tertiary/aromatic N) is 3. The normalized spacial score (nSPS) is 15.9. The van der Waals surface area contributed by atoms with E-state index in [1.54, 1.807) is 23.0 Å². The number of Topliss-reactive ketones (excluding diaryl/α,β-unsaturated/α-hetero) is 1. The highest BCUT2D eigenvalue weighted by atomic mass is 19.1. The highest BCUT2D eigenvalue weighted by molar-refractivity contribution is 6.04. The fourth-order valence-corrected chi connectivity index (χ4v) is 3.44. The van der Waals surface area contributed by atoms with Crippen molar-refractivity contribution in [2.75, 3.05) is 0 Å². The Kier molecular flexibility index (Phi) is 3.53. The number of aromatic nitrogens is 3. The first-order chi connectivity index (χ1) is 11.9. The number of halogens is 1. The van der Waals surface area contributed by atoms with Gasteiger partial charge in [-0.25, -0.2) is 14.1 Å². The number of carbonyl (C=O) groups is 1. The smallest absolute Gasteiger partial charge is 0.167 e. The lowest BCUT2D eigenvalue weighted by atomic mass is 9.75. The summed E-state index contributed by atoms with van der Waals surface area (Å²) < 4.78 is 15.1. The van der Waals surface area contributed by atoms with Crippen molar-refractivity contribution in [1.29, 1.82) is 0 Å². The van der Waals surface area contributed by atoms with E-state index in [2.05, 4.69) is 18.8 Å². The summed E-state index contributed by atoms with van der Waals surface area (Å²) in [5, 5.41) is 4.71. The van der Waals surface area contributed by atoms with Crippen LogP contribution in [0.1, 0.15) is 36.3 Å². The van der Waals surface area contributed by atoms with Crippen molar-refractivity contribution in [2.24, 2.45) is 5.41 Å². The zero-order valence-corrected chi connectivity index (χ0v) is 14.2. The van der Waals surface area contributed by atoms with Crippen LogP contribution in [0, 0.1) is 11.2 Å². The van der Waals surface area contributed by atoms with Gasteiger partial charge in [-0.1, -0.05) is 19.9 Å². The average Bonchev–Trinajstić information content (AvgIpc) is 2.94. The van der Waals surface area contributed by atoms with E-state index in [0.717, 1.165) is 17.7 Å². The molecule has 3 aromatic rings. The van der Waals surface area contributed by atoms with E-state index in [1.165, 1.54) is 12.1 Å². The van der Waals surface area contributed by atoms with E-state index in [-0.39, 0.29) is 17.0 Å². The molecule has 4 rings (SSSR count). The monoisotopic (exact) mass is 335 g/mol. The van der Waals surface area contributed by atoms with Crippen LogP contribution in [0.2, 0.25) is 0 Å². The van der Waals surface area contributed by atoms with Gasteiger partial charge in [-0.05, 0) is 48.2 Å². The number of hydrogen-bond acceptors (Lipinski definition) is 3. The van der Waals surface area contributed by atoms with Crippen molar-refractivity contribution in [3.05, 3.63) is 65.7 Å². The molecule has 0 N–H and O–H groups in total. The van der Waals surface area contributed by atoms with Gasteiger partial charge in [-0.3, -0.25) is 4.79 Å². The molecule has 1 aliphatic rings. The molecule has 4 nitrogen and oxygen atoms in total. The van der Waals surface area contributed by atoms with Gasteiger partial charge in [0.05, 0.1) is 17.0 Å². The van der Waals surface area contributed by atoms with E-state index in [9.17, 15) is 9.18 Å². The van der Waals surface area contributed by atoms with Crippen LogP contribution in [0.5, 0.6) is 0 Å². The Hall–Kier alpha value is -2.82. The molecular weight excluding hydrogens is 317 g/mol. The molecule has 0 radical (unpaired) electrons.